The van der Waals surface area contributed by atoms with Crippen LogP contribution in [-0.4, -0.2) is 24.5 Å². The minimum absolute atomic E-state index is 0.0767. The van der Waals surface area contributed by atoms with Crippen LogP contribution in [0.15, 0.2) is 16.6 Å². The molecular formula is C15H18BrNO2. The Bertz CT molecular complexity index is 473. The van der Waals surface area contributed by atoms with Crippen molar-refractivity contribution in [3.05, 3.63) is 28.0 Å². The third-order valence-electron chi connectivity index (χ3n) is 2.95. The lowest BCUT2D eigenvalue weighted by molar-refractivity contribution is -0.154. The van der Waals surface area contributed by atoms with E-state index in [1.165, 1.54) is 6.42 Å². The molecule has 2 heterocycles. The van der Waals surface area contributed by atoms with Gasteiger partial charge < -0.3 is 9.47 Å². The third-order valence-corrected chi connectivity index (χ3v) is 3.67. The Morgan fingerprint density at radius 1 is 1.47 bits per heavy atom. The summed E-state index contributed by atoms with van der Waals surface area (Å²) in [4.78, 5) is 4.47. The SMILES string of the molecule is CCc1nc(C#CCOC2CCCCO2)ccc1Br. The molecule has 1 aliphatic heterocycles. The van der Waals surface area contributed by atoms with Crippen LogP contribution in [0.5, 0.6) is 0 Å². The van der Waals surface area contributed by atoms with Gasteiger partial charge in [0.25, 0.3) is 0 Å². The Hall–Kier alpha value is -0.890. The Morgan fingerprint density at radius 3 is 3.11 bits per heavy atom. The predicted octanol–water partition coefficient (Wildman–Crippen LogP) is 3.30. The van der Waals surface area contributed by atoms with Crippen molar-refractivity contribution in [3.8, 4) is 11.8 Å². The summed E-state index contributed by atoms with van der Waals surface area (Å²) in [5, 5.41) is 0. The van der Waals surface area contributed by atoms with Gasteiger partial charge in [-0.1, -0.05) is 12.8 Å². The molecule has 1 aromatic heterocycles. The Labute approximate surface area is 122 Å². The van der Waals surface area contributed by atoms with Crippen molar-refractivity contribution in [1.29, 1.82) is 0 Å². The topological polar surface area (TPSA) is 31.4 Å². The molecule has 0 bridgehead atoms. The molecule has 0 radical (unpaired) electrons. The summed E-state index contributed by atoms with van der Waals surface area (Å²) in [6, 6.07) is 3.90. The monoisotopic (exact) mass is 323 g/mol. The van der Waals surface area contributed by atoms with Gasteiger partial charge in [0.2, 0.25) is 0 Å². The zero-order valence-electron chi connectivity index (χ0n) is 11.1. The van der Waals surface area contributed by atoms with E-state index < -0.39 is 0 Å². The fraction of sp³-hybridized carbons (Fsp3) is 0.533. The van der Waals surface area contributed by atoms with Gasteiger partial charge >= 0.3 is 0 Å². The number of aryl methyl sites for hydroxylation is 1. The van der Waals surface area contributed by atoms with Gasteiger partial charge in [-0.15, -0.1) is 0 Å². The van der Waals surface area contributed by atoms with Gasteiger partial charge in [0.05, 0.1) is 5.69 Å². The number of hydrogen-bond donors (Lipinski definition) is 0. The van der Waals surface area contributed by atoms with Crippen molar-refractivity contribution in [2.45, 2.75) is 38.9 Å². The maximum Gasteiger partial charge on any atom is 0.158 e. The molecule has 0 N–H and O–H groups in total. The van der Waals surface area contributed by atoms with E-state index in [0.29, 0.717) is 6.61 Å². The predicted molar refractivity (Wildman–Crippen MR) is 77.7 cm³/mol. The second kappa shape index (κ2) is 7.64. The van der Waals surface area contributed by atoms with Gasteiger partial charge in [-0.05, 0) is 59.7 Å². The molecule has 19 heavy (non-hydrogen) atoms. The average Bonchev–Trinajstić information content (AvgIpc) is 2.46. The molecular weight excluding hydrogens is 306 g/mol. The van der Waals surface area contributed by atoms with Crippen LogP contribution in [0, 0.1) is 11.8 Å². The molecule has 0 saturated carbocycles. The highest BCUT2D eigenvalue weighted by molar-refractivity contribution is 9.10. The summed E-state index contributed by atoms with van der Waals surface area (Å²) < 4.78 is 12.1. The van der Waals surface area contributed by atoms with Crippen LogP contribution < -0.4 is 0 Å². The third kappa shape index (κ3) is 4.61. The zero-order valence-corrected chi connectivity index (χ0v) is 12.7. The van der Waals surface area contributed by atoms with E-state index in [4.69, 9.17) is 9.47 Å². The summed E-state index contributed by atoms with van der Waals surface area (Å²) in [6.07, 6.45) is 4.09. The standard InChI is InChI=1S/C15H18BrNO2/c1-2-14-13(16)9-8-12(17-14)6-5-11-19-15-7-3-4-10-18-15/h8-9,15H,2-4,7,10-11H2,1H3. The highest BCUT2D eigenvalue weighted by atomic mass is 79.9. The molecule has 3 nitrogen and oxygen atoms in total. The summed E-state index contributed by atoms with van der Waals surface area (Å²) in [6.45, 7) is 3.27. The summed E-state index contributed by atoms with van der Waals surface area (Å²) >= 11 is 3.47. The number of hydrogen-bond acceptors (Lipinski definition) is 3. The van der Waals surface area contributed by atoms with E-state index in [9.17, 15) is 0 Å². The number of aromatic nitrogens is 1. The molecule has 0 aromatic carbocycles. The van der Waals surface area contributed by atoms with Crippen LogP contribution in [0.3, 0.4) is 0 Å². The van der Waals surface area contributed by atoms with Crippen LogP contribution >= 0.6 is 15.9 Å². The summed E-state index contributed by atoms with van der Waals surface area (Å²) in [5.41, 5.74) is 1.82. The number of ether oxygens (including phenoxy) is 2. The number of pyridine rings is 1. The second-order valence-corrected chi connectivity index (χ2v) is 5.24. The molecule has 1 unspecified atom stereocenters. The lowest BCUT2D eigenvalue weighted by atomic mass is 10.2. The van der Waals surface area contributed by atoms with E-state index in [1.54, 1.807) is 0 Å². The maximum atomic E-state index is 5.55. The smallest absolute Gasteiger partial charge is 0.158 e. The molecule has 2 rings (SSSR count). The normalized spacial score (nSPS) is 18.7. The highest BCUT2D eigenvalue weighted by Gasteiger charge is 2.12. The van der Waals surface area contributed by atoms with Crippen LogP contribution in [0.25, 0.3) is 0 Å². The first-order chi connectivity index (χ1) is 9.29. The van der Waals surface area contributed by atoms with Crippen LogP contribution in [0.2, 0.25) is 0 Å². The largest absolute Gasteiger partial charge is 0.353 e. The molecule has 1 aliphatic rings. The highest BCUT2D eigenvalue weighted by Crippen LogP contribution is 2.15. The van der Waals surface area contributed by atoms with Crippen LogP contribution in [0.1, 0.15) is 37.6 Å². The minimum Gasteiger partial charge on any atom is -0.353 e. The lowest BCUT2D eigenvalue weighted by Gasteiger charge is -2.21. The second-order valence-electron chi connectivity index (χ2n) is 4.39. The zero-order chi connectivity index (χ0) is 13.5. The van der Waals surface area contributed by atoms with Gasteiger partial charge in [0.15, 0.2) is 6.29 Å². The number of halogens is 1. The van der Waals surface area contributed by atoms with E-state index in [2.05, 4.69) is 39.7 Å². The molecule has 1 atom stereocenters. The molecule has 0 spiro atoms. The summed E-state index contributed by atoms with van der Waals surface area (Å²) in [7, 11) is 0. The Morgan fingerprint density at radius 2 is 2.37 bits per heavy atom. The molecule has 1 saturated heterocycles. The van der Waals surface area contributed by atoms with Crippen molar-refractivity contribution >= 4 is 15.9 Å². The summed E-state index contributed by atoms with van der Waals surface area (Å²) in [5.74, 6) is 6.01. The number of rotatable bonds is 3. The van der Waals surface area contributed by atoms with Gasteiger partial charge in [-0.2, -0.15) is 0 Å². The van der Waals surface area contributed by atoms with Gasteiger partial charge in [-0.25, -0.2) is 4.98 Å². The molecule has 102 valence electrons. The van der Waals surface area contributed by atoms with E-state index >= 15 is 0 Å². The van der Waals surface area contributed by atoms with E-state index in [1.807, 2.05) is 12.1 Å². The Kier molecular flexibility index (Phi) is 5.84. The van der Waals surface area contributed by atoms with Gasteiger partial charge in [0, 0.05) is 11.1 Å². The fourth-order valence-corrected chi connectivity index (χ4v) is 2.41. The first-order valence-electron chi connectivity index (χ1n) is 6.67. The van der Waals surface area contributed by atoms with Crippen molar-refractivity contribution in [3.63, 3.8) is 0 Å². The van der Waals surface area contributed by atoms with E-state index in [-0.39, 0.29) is 6.29 Å². The van der Waals surface area contributed by atoms with Gasteiger partial charge in [0.1, 0.15) is 12.3 Å². The quantitative estimate of drug-likeness (QED) is 0.800. The molecule has 0 amide bonds. The average molecular weight is 324 g/mol. The first-order valence-corrected chi connectivity index (χ1v) is 7.46. The first kappa shape index (κ1) is 14.5. The fourth-order valence-electron chi connectivity index (χ4n) is 1.91. The van der Waals surface area contributed by atoms with Crippen molar-refractivity contribution in [1.82, 2.24) is 4.98 Å². The number of nitrogens with zero attached hydrogens (tertiary/aromatic N) is 1. The molecule has 4 heteroatoms. The lowest BCUT2D eigenvalue weighted by Crippen LogP contribution is -2.22. The minimum atomic E-state index is -0.0767. The molecule has 1 fully saturated rings. The van der Waals surface area contributed by atoms with Crippen molar-refractivity contribution < 1.29 is 9.47 Å². The van der Waals surface area contributed by atoms with Gasteiger partial charge in [-0.3, -0.25) is 0 Å². The molecule has 1 aromatic rings. The maximum absolute atomic E-state index is 5.55. The Balaban J connectivity index is 1.85. The van der Waals surface area contributed by atoms with Crippen LogP contribution in [0.4, 0.5) is 0 Å². The molecule has 0 aliphatic carbocycles. The van der Waals surface area contributed by atoms with Crippen molar-refractivity contribution in [2.24, 2.45) is 0 Å². The van der Waals surface area contributed by atoms with E-state index in [0.717, 1.165) is 41.7 Å². The van der Waals surface area contributed by atoms with Crippen molar-refractivity contribution in [2.75, 3.05) is 13.2 Å². The van der Waals surface area contributed by atoms with Crippen LogP contribution in [-0.2, 0) is 15.9 Å².